The zero-order valence-corrected chi connectivity index (χ0v) is 14.6. The van der Waals surface area contributed by atoms with Crippen molar-refractivity contribution >= 4 is 69.2 Å². The summed E-state index contributed by atoms with van der Waals surface area (Å²) >= 11 is 18.3. The zero-order valence-electron chi connectivity index (χ0n) is 11.5. The molecule has 0 unspecified atom stereocenters. The Morgan fingerprint density at radius 3 is 2.57 bits per heavy atom. The van der Waals surface area contributed by atoms with Crippen LogP contribution in [0.15, 0.2) is 47.4 Å². The lowest BCUT2D eigenvalue weighted by atomic mass is 10.2. The van der Waals surface area contributed by atoms with Crippen LogP contribution in [0.25, 0.3) is 6.08 Å². The van der Waals surface area contributed by atoms with E-state index in [4.69, 9.17) is 35.4 Å². The minimum atomic E-state index is -0.248. The summed E-state index contributed by atoms with van der Waals surface area (Å²) in [5.41, 5.74) is 1.07. The highest BCUT2D eigenvalue weighted by molar-refractivity contribution is 8.27. The molecule has 3 rings (SSSR count). The molecule has 2 aromatic carbocycles. The summed E-state index contributed by atoms with van der Waals surface area (Å²) in [4.78, 5) is 14.5. The van der Waals surface area contributed by atoms with Crippen molar-refractivity contribution in [2.75, 3.05) is 4.90 Å². The third-order valence-corrected chi connectivity index (χ3v) is 4.96. The molecule has 2 aromatic rings. The summed E-state index contributed by atoms with van der Waals surface area (Å²) in [6.45, 7) is 0. The van der Waals surface area contributed by atoms with Crippen molar-refractivity contribution in [2.24, 2.45) is 0 Å². The van der Waals surface area contributed by atoms with Crippen molar-refractivity contribution in [1.82, 2.24) is 0 Å². The summed E-state index contributed by atoms with van der Waals surface area (Å²) in [7, 11) is 0. The zero-order chi connectivity index (χ0) is 16.6. The van der Waals surface area contributed by atoms with Gasteiger partial charge in [-0.3, -0.25) is 9.69 Å². The third kappa shape index (κ3) is 3.23. The highest BCUT2D eigenvalue weighted by atomic mass is 35.5. The van der Waals surface area contributed by atoms with Crippen LogP contribution >= 0.6 is 47.2 Å². The van der Waals surface area contributed by atoms with E-state index in [1.165, 1.54) is 23.1 Å². The summed E-state index contributed by atoms with van der Waals surface area (Å²) in [6.07, 6.45) is 1.54. The number of carbonyl (C=O) groups excluding carboxylic acids is 1. The van der Waals surface area contributed by atoms with Gasteiger partial charge in [-0.25, -0.2) is 0 Å². The molecule has 1 saturated heterocycles. The molecule has 7 heteroatoms. The van der Waals surface area contributed by atoms with Crippen molar-refractivity contribution < 1.29 is 9.90 Å². The Bertz CT molecular complexity index is 837. The fraction of sp³-hybridized carbons (Fsp3) is 0. The highest BCUT2D eigenvalue weighted by Crippen LogP contribution is 2.39. The first-order valence-corrected chi connectivity index (χ1v) is 8.46. The number of rotatable bonds is 2. The van der Waals surface area contributed by atoms with Gasteiger partial charge in [0, 0.05) is 10.6 Å². The smallest absolute Gasteiger partial charge is 0.270 e. The fourth-order valence-corrected chi connectivity index (χ4v) is 3.90. The second kappa shape index (κ2) is 6.53. The van der Waals surface area contributed by atoms with Crippen molar-refractivity contribution in [3.05, 3.63) is 63.0 Å². The lowest BCUT2D eigenvalue weighted by molar-refractivity contribution is -0.113. The molecule has 0 aromatic heterocycles. The van der Waals surface area contributed by atoms with Crippen LogP contribution in [0.1, 0.15) is 5.56 Å². The number of phenols is 1. The van der Waals surface area contributed by atoms with E-state index in [0.717, 1.165) is 11.8 Å². The predicted molar refractivity (Wildman–Crippen MR) is 100 cm³/mol. The molecule has 0 aliphatic carbocycles. The van der Waals surface area contributed by atoms with Gasteiger partial charge in [0.15, 0.2) is 4.32 Å². The fourth-order valence-electron chi connectivity index (χ4n) is 2.10. The number of hydrogen-bond donors (Lipinski definition) is 1. The number of anilines is 1. The average molecular weight is 382 g/mol. The minimum Gasteiger partial charge on any atom is -0.506 e. The monoisotopic (exact) mass is 381 g/mol. The molecule has 23 heavy (non-hydrogen) atoms. The summed E-state index contributed by atoms with van der Waals surface area (Å²) in [5, 5.41) is 10.5. The molecule has 1 amide bonds. The average Bonchev–Trinajstić information content (AvgIpc) is 2.79. The maximum atomic E-state index is 12.6. The standard InChI is InChI=1S/C16H9Cl2NO2S2/c17-10-6-9(14(20)12(18)8-10)7-13-15(21)19(16(22)23-13)11-4-2-1-3-5-11/h1-8,20H. The summed E-state index contributed by atoms with van der Waals surface area (Å²) in [6, 6.07) is 12.1. The molecule has 1 aliphatic rings. The molecule has 1 fully saturated rings. The largest absolute Gasteiger partial charge is 0.506 e. The van der Waals surface area contributed by atoms with Crippen molar-refractivity contribution in [1.29, 1.82) is 0 Å². The van der Waals surface area contributed by atoms with Crippen LogP contribution in [0.3, 0.4) is 0 Å². The minimum absolute atomic E-state index is 0.124. The topological polar surface area (TPSA) is 40.5 Å². The molecule has 0 bridgehead atoms. The molecule has 0 atom stereocenters. The van der Waals surface area contributed by atoms with Gasteiger partial charge >= 0.3 is 0 Å². The Morgan fingerprint density at radius 2 is 1.87 bits per heavy atom. The number of amides is 1. The number of benzene rings is 2. The Balaban J connectivity index is 2.00. The van der Waals surface area contributed by atoms with E-state index < -0.39 is 0 Å². The molecular formula is C16H9Cl2NO2S2. The Hall–Kier alpha value is -1.53. The maximum Gasteiger partial charge on any atom is 0.270 e. The number of halogens is 2. The number of hydrogen-bond acceptors (Lipinski definition) is 4. The molecule has 1 aliphatic heterocycles. The van der Waals surface area contributed by atoms with Crippen molar-refractivity contribution in [3.63, 3.8) is 0 Å². The van der Waals surface area contributed by atoms with Gasteiger partial charge in [0.2, 0.25) is 0 Å². The Morgan fingerprint density at radius 1 is 1.17 bits per heavy atom. The first-order valence-electron chi connectivity index (χ1n) is 6.48. The number of thioether (sulfide) groups is 1. The molecule has 0 spiro atoms. The van der Waals surface area contributed by atoms with Gasteiger partial charge in [0.1, 0.15) is 5.75 Å². The molecule has 3 nitrogen and oxygen atoms in total. The number of thiocarbonyl (C=S) groups is 1. The van der Waals surface area contributed by atoms with E-state index >= 15 is 0 Å². The molecule has 1 N–H and O–H groups in total. The van der Waals surface area contributed by atoms with E-state index in [2.05, 4.69) is 0 Å². The van der Waals surface area contributed by atoms with Gasteiger partial charge < -0.3 is 5.11 Å². The number of carbonyl (C=O) groups is 1. The number of phenolic OH excluding ortho intramolecular Hbond substituents is 1. The quantitative estimate of drug-likeness (QED) is 0.579. The number of aromatic hydroxyl groups is 1. The highest BCUT2D eigenvalue weighted by Gasteiger charge is 2.33. The Labute approximate surface area is 152 Å². The lowest BCUT2D eigenvalue weighted by Gasteiger charge is -2.13. The van der Waals surface area contributed by atoms with E-state index in [9.17, 15) is 9.90 Å². The lowest BCUT2D eigenvalue weighted by Crippen LogP contribution is -2.27. The molecule has 116 valence electrons. The van der Waals surface area contributed by atoms with Gasteiger partial charge in [-0.05, 0) is 30.3 Å². The summed E-state index contributed by atoms with van der Waals surface area (Å²) in [5.74, 6) is -0.372. The van der Waals surface area contributed by atoms with Gasteiger partial charge in [-0.1, -0.05) is 65.4 Å². The van der Waals surface area contributed by atoms with E-state index in [0.29, 0.717) is 25.5 Å². The molecular weight excluding hydrogens is 373 g/mol. The third-order valence-electron chi connectivity index (χ3n) is 3.15. The van der Waals surface area contributed by atoms with E-state index in [1.54, 1.807) is 12.1 Å². The predicted octanol–water partition coefficient (Wildman–Crippen LogP) is 5.10. The molecule has 0 radical (unpaired) electrons. The van der Waals surface area contributed by atoms with Crippen LogP contribution in [0.2, 0.25) is 10.0 Å². The van der Waals surface area contributed by atoms with Crippen LogP contribution in [0.4, 0.5) is 5.69 Å². The van der Waals surface area contributed by atoms with Crippen LogP contribution in [0, 0.1) is 0 Å². The van der Waals surface area contributed by atoms with Crippen molar-refractivity contribution in [3.8, 4) is 5.75 Å². The number of para-hydroxylation sites is 1. The van der Waals surface area contributed by atoms with E-state index in [1.807, 2.05) is 18.2 Å². The second-order valence-corrected chi connectivity index (χ2v) is 7.20. The van der Waals surface area contributed by atoms with Gasteiger partial charge in [0.25, 0.3) is 5.91 Å². The van der Waals surface area contributed by atoms with Crippen LogP contribution in [-0.2, 0) is 4.79 Å². The molecule has 0 saturated carbocycles. The van der Waals surface area contributed by atoms with Gasteiger partial charge in [-0.2, -0.15) is 0 Å². The van der Waals surface area contributed by atoms with Crippen LogP contribution in [0.5, 0.6) is 5.75 Å². The normalized spacial score (nSPS) is 16.4. The van der Waals surface area contributed by atoms with Crippen LogP contribution in [-0.4, -0.2) is 15.3 Å². The maximum absolute atomic E-state index is 12.6. The Kier molecular flexibility index (Phi) is 4.64. The first-order chi connectivity index (χ1) is 11.0. The van der Waals surface area contributed by atoms with E-state index in [-0.39, 0.29) is 16.7 Å². The molecule has 1 heterocycles. The van der Waals surface area contributed by atoms with Crippen molar-refractivity contribution in [2.45, 2.75) is 0 Å². The summed E-state index contributed by atoms with van der Waals surface area (Å²) < 4.78 is 0.431. The SMILES string of the molecule is O=C1C(=Cc2cc(Cl)cc(Cl)c2O)SC(=S)N1c1ccccc1. The van der Waals surface area contributed by atoms with Gasteiger partial charge in [0.05, 0.1) is 15.6 Å². The number of nitrogens with zero attached hydrogens (tertiary/aromatic N) is 1. The first kappa shape index (κ1) is 16.3. The van der Waals surface area contributed by atoms with Gasteiger partial charge in [-0.15, -0.1) is 0 Å². The van der Waals surface area contributed by atoms with Crippen LogP contribution < -0.4 is 4.90 Å². The second-order valence-electron chi connectivity index (χ2n) is 4.68.